The molecule has 104 valence electrons. The quantitative estimate of drug-likeness (QED) is 0.866. The summed E-state index contributed by atoms with van der Waals surface area (Å²) < 4.78 is 10.6. The largest absolute Gasteiger partial charge is 0.382 e. The van der Waals surface area contributed by atoms with Gasteiger partial charge in [-0.1, -0.05) is 12.1 Å². The molecule has 19 heavy (non-hydrogen) atoms. The highest BCUT2D eigenvalue weighted by Gasteiger charge is 2.24. The lowest BCUT2D eigenvalue weighted by atomic mass is 10.1. The molecule has 2 N–H and O–H groups in total. The number of rotatable bonds is 4. The minimum Gasteiger partial charge on any atom is -0.382 e. The lowest BCUT2D eigenvalue weighted by Crippen LogP contribution is -2.47. The molecule has 1 fully saturated rings. The van der Waals surface area contributed by atoms with Gasteiger partial charge in [0.25, 0.3) is 5.91 Å². The molecule has 1 aliphatic rings. The van der Waals surface area contributed by atoms with Crippen molar-refractivity contribution in [2.45, 2.75) is 12.6 Å². The van der Waals surface area contributed by atoms with Crippen LogP contribution in [0.2, 0.25) is 0 Å². The summed E-state index contributed by atoms with van der Waals surface area (Å²) in [5, 5.41) is 0. The minimum absolute atomic E-state index is 0.0352. The third kappa shape index (κ3) is 3.53. The molecule has 1 amide bonds. The Labute approximate surface area is 113 Å². The normalized spacial score (nSPS) is 19.5. The third-order valence-corrected chi connectivity index (χ3v) is 3.22. The van der Waals surface area contributed by atoms with Gasteiger partial charge in [-0.25, -0.2) is 0 Å². The summed E-state index contributed by atoms with van der Waals surface area (Å²) in [7, 11) is 1.63. The second-order valence-corrected chi connectivity index (χ2v) is 4.60. The van der Waals surface area contributed by atoms with Crippen LogP contribution >= 0.6 is 0 Å². The van der Waals surface area contributed by atoms with Gasteiger partial charge in [0.15, 0.2) is 0 Å². The summed E-state index contributed by atoms with van der Waals surface area (Å²) in [5.41, 5.74) is 7.26. The molecule has 0 spiro atoms. The summed E-state index contributed by atoms with van der Waals surface area (Å²) in [6.07, 6.45) is -0.0361. The number of methoxy groups -OCH3 is 1. The molecule has 0 aromatic heterocycles. The molecule has 1 aliphatic heterocycles. The van der Waals surface area contributed by atoms with E-state index in [2.05, 4.69) is 0 Å². The molecule has 5 nitrogen and oxygen atoms in total. The zero-order chi connectivity index (χ0) is 13.7. The van der Waals surface area contributed by atoms with E-state index >= 15 is 0 Å². The zero-order valence-corrected chi connectivity index (χ0v) is 11.2. The third-order valence-electron chi connectivity index (χ3n) is 3.22. The van der Waals surface area contributed by atoms with Gasteiger partial charge < -0.3 is 20.1 Å². The van der Waals surface area contributed by atoms with Crippen LogP contribution in [-0.4, -0.2) is 50.3 Å². The first kappa shape index (κ1) is 14.0. The number of ether oxygens (including phenoxy) is 2. The molecule has 2 rings (SSSR count). The Morgan fingerprint density at radius 3 is 2.84 bits per heavy atom. The van der Waals surface area contributed by atoms with Gasteiger partial charge in [0.05, 0.1) is 19.3 Å². The molecule has 1 aromatic carbocycles. The van der Waals surface area contributed by atoms with Gasteiger partial charge in [-0.3, -0.25) is 4.79 Å². The maximum atomic E-state index is 12.3. The van der Waals surface area contributed by atoms with Crippen LogP contribution in [0.1, 0.15) is 15.9 Å². The zero-order valence-electron chi connectivity index (χ0n) is 11.2. The number of carbonyl (C=O) groups excluding carboxylic acids is 1. The van der Waals surface area contributed by atoms with E-state index in [4.69, 9.17) is 15.2 Å². The highest BCUT2D eigenvalue weighted by atomic mass is 16.5. The Morgan fingerprint density at radius 2 is 2.21 bits per heavy atom. The number of nitrogens with zero attached hydrogens (tertiary/aromatic N) is 1. The van der Waals surface area contributed by atoms with Crippen LogP contribution < -0.4 is 5.73 Å². The first-order valence-electron chi connectivity index (χ1n) is 6.43. The van der Waals surface area contributed by atoms with E-state index in [1.807, 2.05) is 29.2 Å². The molecular formula is C14H20N2O3. The Morgan fingerprint density at radius 1 is 1.47 bits per heavy atom. The SMILES string of the molecule is COCC1CN(C(=O)c2ccc(CN)cc2)CCO1. The van der Waals surface area contributed by atoms with E-state index in [1.54, 1.807) is 7.11 Å². The van der Waals surface area contributed by atoms with Crippen LogP contribution in [0.25, 0.3) is 0 Å². The first-order valence-corrected chi connectivity index (χ1v) is 6.43. The Balaban J connectivity index is 2.01. The van der Waals surface area contributed by atoms with Crippen molar-refractivity contribution in [2.24, 2.45) is 5.73 Å². The van der Waals surface area contributed by atoms with Crippen LogP contribution in [0, 0.1) is 0 Å². The van der Waals surface area contributed by atoms with Crippen molar-refractivity contribution in [1.29, 1.82) is 0 Å². The molecule has 0 saturated carbocycles. The van der Waals surface area contributed by atoms with Gasteiger partial charge in [0, 0.05) is 32.3 Å². The molecule has 1 unspecified atom stereocenters. The van der Waals surface area contributed by atoms with Crippen LogP contribution in [0.15, 0.2) is 24.3 Å². The standard InChI is InChI=1S/C14H20N2O3/c1-18-10-13-9-16(6-7-19-13)14(17)12-4-2-11(8-15)3-5-12/h2-5,13H,6-10,15H2,1H3. The van der Waals surface area contributed by atoms with E-state index in [-0.39, 0.29) is 12.0 Å². The second kappa shape index (κ2) is 6.65. The topological polar surface area (TPSA) is 64.8 Å². The number of hydrogen-bond acceptors (Lipinski definition) is 4. The van der Waals surface area contributed by atoms with Gasteiger partial charge in [0.1, 0.15) is 0 Å². The first-order chi connectivity index (χ1) is 9.24. The predicted molar refractivity (Wildman–Crippen MR) is 71.9 cm³/mol. The molecule has 1 aromatic rings. The van der Waals surface area contributed by atoms with Crippen LogP contribution in [0.5, 0.6) is 0 Å². The van der Waals surface area contributed by atoms with E-state index in [0.717, 1.165) is 5.56 Å². The highest BCUT2D eigenvalue weighted by Crippen LogP contribution is 2.12. The molecule has 0 aliphatic carbocycles. The Kier molecular flexibility index (Phi) is 4.90. The maximum absolute atomic E-state index is 12.3. The average molecular weight is 264 g/mol. The number of morpholine rings is 1. The van der Waals surface area contributed by atoms with E-state index in [1.165, 1.54) is 0 Å². The van der Waals surface area contributed by atoms with E-state index in [9.17, 15) is 4.79 Å². The smallest absolute Gasteiger partial charge is 0.254 e. The lowest BCUT2D eigenvalue weighted by Gasteiger charge is -2.32. The summed E-state index contributed by atoms with van der Waals surface area (Å²) in [6.45, 7) is 2.75. The molecule has 5 heteroatoms. The van der Waals surface area contributed by atoms with Crippen molar-refractivity contribution in [3.8, 4) is 0 Å². The fourth-order valence-corrected chi connectivity index (χ4v) is 2.16. The molecule has 0 bridgehead atoms. The molecule has 1 heterocycles. The highest BCUT2D eigenvalue weighted by molar-refractivity contribution is 5.94. The number of nitrogens with two attached hydrogens (primary N) is 1. The Hall–Kier alpha value is -1.43. The van der Waals surface area contributed by atoms with Crippen molar-refractivity contribution in [3.05, 3.63) is 35.4 Å². The van der Waals surface area contributed by atoms with Crippen LogP contribution in [0.4, 0.5) is 0 Å². The van der Waals surface area contributed by atoms with Gasteiger partial charge in [-0.2, -0.15) is 0 Å². The molecule has 0 radical (unpaired) electrons. The van der Waals surface area contributed by atoms with Gasteiger partial charge in [-0.05, 0) is 17.7 Å². The number of carbonyl (C=O) groups is 1. The van der Waals surface area contributed by atoms with Gasteiger partial charge in [0.2, 0.25) is 0 Å². The van der Waals surface area contributed by atoms with Crippen molar-refractivity contribution < 1.29 is 14.3 Å². The van der Waals surface area contributed by atoms with Gasteiger partial charge >= 0.3 is 0 Å². The summed E-state index contributed by atoms with van der Waals surface area (Å²) in [4.78, 5) is 14.2. The number of benzene rings is 1. The molecule has 1 saturated heterocycles. The van der Waals surface area contributed by atoms with E-state index < -0.39 is 0 Å². The fourth-order valence-electron chi connectivity index (χ4n) is 2.16. The van der Waals surface area contributed by atoms with Gasteiger partial charge in [-0.15, -0.1) is 0 Å². The van der Waals surface area contributed by atoms with Crippen LogP contribution in [0.3, 0.4) is 0 Å². The van der Waals surface area contributed by atoms with Crippen molar-refractivity contribution >= 4 is 5.91 Å². The van der Waals surface area contributed by atoms with Crippen molar-refractivity contribution in [1.82, 2.24) is 4.90 Å². The maximum Gasteiger partial charge on any atom is 0.254 e. The number of hydrogen-bond donors (Lipinski definition) is 1. The van der Waals surface area contributed by atoms with Crippen molar-refractivity contribution in [3.63, 3.8) is 0 Å². The van der Waals surface area contributed by atoms with Crippen LogP contribution in [-0.2, 0) is 16.0 Å². The monoisotopic (exact) mass is 264 g/mol. The molecular weight excluding hydrogens is 244 g/mol. The summed E-state index contributed by atoms with van der Waals surface area (Å²) >= 11 is 0. The number of amides is 1. The minimum atomic E-state index is -0.0361. The van der Waals surface area contributed by atoms with Crippen molar-refractivity contribution in [2.75, 3.05) is 33.4 Å². The summed E-state index contributed by atoms with van der Waals surface area (Å²) in [5.74, 6) is 0.0352. The fraction of sp³-hybridized carbons (Fsp3) is 0.500. The molecule has 1 atom stereocenters. The average Bonchev–Trinajstić information content (AvgIpc) is 2.47. The summed E-state index contributed by atoms with van der Waals surface area (Å²) in [6, 6.07) is 7.43. The van der Waals surface area contributed by atoms with E-state index in [0.29, 0.717) is 38.4 Å². The Bertz CT molecular complexity index is 417. The second-order valence-electron chi connectivity index (χ2n) is 4.60. The lowest BCUT2D eigenvalue weighted by molar-refractivity contribution is -0.0531. The predicted octanol–water partition coefficient (Wildman–Crippen LogP) is 0.633.